The number of fused-ring (bicyclic) bond motifs is 1. The van der Waals surface area contributed by atoms with E-state index in [1.807, 2.05) is 45.0 Å². The predicted molar refractivity (Wildman–Crippen MR) is 73.7 cm³/mol. The molecule has 0 aliphatic rings. The van der Waals surface area contributed by atoms with Crippen LogP contribution < -0.4 is 4.74 Å². The van der Waals surface area contributed by atoms with Gasteiger partial charge in [-0.05, 0) is 37.8 Å². The summed E-state index contributed by atoms with van der Waals surface area (Å²) in [6.07, 6.45) is 0.806. The lowest BCUT2D eigenvalue weighted by molar-refractivity contribution is 0.0682. The van der Waals surface area contributed by atoms with Crippen LogP contribution in [0.25, 0.3) is 10.8 Å². The normalized spacial score (nSPS) is 11.5. The van der Waals surface area contributed by atoms with Crippen LogP contribution in [-0.4, -0.2) is 21.7 Å². The molecule has 1 heterocycles. The second-order valence-corrected chi connectivity index (χ2v) is 5.05. The number of aromatic carboxylic acids is 1. The highest BCUT2D eigenvalue weighted by atomic mass is 16.5. The molecule has 1 aromatic heterocycles. The van der Waals surface area contributed by atoms with Crippen molar-refractivity contribution in [1.82, 2.24) is 4.98 Å². The van der Waals surface area contributed by atoms with Crippen LogP contribution in [-0.2, 0) is 0 Å². The summed E-state index contributed by atoms with van der Waals surface area (Å²) >= 11 is 0. The van der Waals surface area contributed by atoms with Crippen molar-refractivity contribution in [3.8, 4) is 5.88 Å². The van der Waals surface area contributed by atoms with Gasteiger partial charge in [0.25, 0.3) is 0 Å². The van der Waals surface area contributed by atoms with Crippen molar-refractivity contribution in [2.24, 2.45) is 0 Å². The molecule has 0 atom stereocenters. The molecule has 100 valence electrons. The first-order chi connectivity index (χ1) is 8.93. The van der Waals surface area contributed by atoms with Gasteiger partial charge in [-0.3, -0.25) is 0 Å². The quantitative estimate of drug-likeness (QED) is 0.912. The van der Waals surface area contributed by atoms with Gasteiger partial charge in [-0.2, -0.15) is 0 Å². The predicted octanol–water partition coefficient (Wildman–Crippen LogP) is 3.50. The topological polar surface area (TPSA) is 59.4 Å². The summed E-state index contributed by atoms with van der Waals surface area (Å²) < 4.78 is 5.88. The SMILES string of the molecule is CCC(C)(C)Oc1nc(C(=O)O)cc2ccccc12. The Kier molecular flexibility index (Phi) is 3.42. The average molecular weight is 259 g/mol. The van der Waals surface area contributed by atoms with Gasteiger partial charge >= 0.3 is 5.97 Å². The van der Waals surface area contributed by atoms with Crippen LogP contribution in [0.5, 0.6) is 5.88 Å². The van der Waals surface area contributed by atoms with Crippen LogP contribution in [0.3, 0.4) is 0 Å². The van der Waals surface area contributed by atoms with Crippen molar-refractivity contribution in [3.05, 3.63) is 36.0 Å². The molecular weight excluding hydrogens is 242 g/mol. The molecule has 1 aromatic carbocycles. The van der Waals surface area contributed by atoms with E-state index in [1.165, 1.54) is 0 Å². The number of aromatic nitrogens is 1. The first kappa shape index (κ1) is 13.3. The number of carbonyl (C=O) groups is 1. The number of nitrogens with zero attached hydrogens (tertiary/aromatic N) is 1. The third-order valence-corrected chi connectivity index (χ3v) is 3.15. The third-order valence-electron chi connectivity index (χ3n) is 3.15. The van der Waals surface area contributed by atoms with Crippen LogP contribution in [0.2, 0.25) is 0 Å². The molecule has 0 saturated heterocycles. The Hall–Kier alpha value is -2.10. The molecule has 19 heavy (non-hydrogen) atoms. The van der Waals surface area contributed by atoms with E-state index in [0.29, 0.717) is 5.88 Å². The number of rotatable bonds is 4. The van der Waals surface area contributed by atoms with Gasteiger partial charge in [0.15, 0.2) is 5.69 Å². The molecule has 0 amide bonds. The molecule has 0 saturated carbocycles. The van der Waals surface area contributed by atoms with Crippen LogP contribution in [0.15, 0.2) is 30.3 Å². The minimum absolute atomic E-state index is 0.000558. The molecule has 0 aliphatic carbocycles. The van der Waals surface area contributed by atoms with E-state index in [4.69, 9.17) is 9.84 Å². The van der Waals surface area contributed by atoms with Gasteiger partial charge < -0.3 is 9.84 Å². The van der Waals surface area contributed by atoms with Gasteiger partial charge in [-0.1, -0.05) is 25.1 Å². The van der Waals surface area contributed by atoms with E-state index in [2.05, 4.69) is 4.98 Å². The lowest BCUT2D eigenvalue weighted by Crippen LogP contribution is -2.27. The summed E-state index contributed by atoms with van der Waals surface area (Å²) in [5.74, 6) is -0.674. The second-order valence-electron chi connectivity index (χ2n) is 5.05. The molecule has 0 unspecified atom stereocenters. The fraction of sp³-hybridized carbons (Fsp3) is 0.333. The number of pyridine rings is 1. The fourth-order valence-electron chi connectivity index (χ4n) is 1.69. The summed E-state index contributed by atoms with van der Waals surface area (Å²) in [6, 6.07) is 9.05. The number of benzene rings is 1. The van der Waals surface area contributed by atoms with Crippen molar-refractivity contribution in [1.29, 1.82) is 0 Å². The summed E-state index contributed by atoms with van der Waals surface area (Å²) in [5, 5.41) is 10.8. The number of carboxylic acid groups (broad SMARTS) is 1. The van der Waals surface area contributed by atoms with Crippen LogP contribution >= 0.6 is 0 Å². The first-order valence-electron chi connectivity index (χ1n) is 6.25. The maximum Gasteiger partial charge on any atom is 0.354 e. The summed E-state index contributed by atoms with van der Waals surface area (Å²) in [7, 11) is 0. The molecule has 4 heteroatoms. The van der Waals surface area contributed by atoms with Gasteiger partial charge in [0, 0.05) is 5.39 Å². The lowest BCUT2D eigenvalue weighted by Gasteiger charge is -2.25. The van der Waals surface area contributed by atoms with Gasteiger partial charge in [0.05, 0.1) is 0 Å². The van der Waals surface area contributed by atoms with Crippen molar-refractivity contribution in [3.63, 3.8) is 0 Å². The molecule has 2 rings (SSSR count). The van der Waals surface area contributed by atoms with E-state index in [0.717, 1.165) is 17.2 Å². The summed E-state index contributed by atoms with van der Waals surface area (Å²) in [5.41, 5.74) is -0.381. The Bertz CT molecular complexity index is 620. The first-order valence-corrected chi connectivity index (χ1v) is 6.25. The van der Waals surface area contributed by atoms with Crippen LogP contribution in [0.1, 0.15) is 37.7 Å². The Morgan fingerprint density at radius 2 is 2.05 bits per heavy atom. The molecule has 0 radical (unpaired) electrons. The molecule has 2 aromatic rings. The highest BCUT2D eigenvalue weighted by Gasteiger charge is 2.20. The highest BCUT2D eigenvalue weighted by Crippen LogP contribution is 2.28. The van der Waals surface area contributed by atoms with Crippen molar-refractivity contribution < 1.29 is 14.6 Å². The lowest BCUT2D eigenvalue weighted by atomic mass is 10.1. The zero-order valence-corrected chi connectivity index (χ0v) is 11.3. The summed E-state index contributed by atoms with van der Waals surface area (Å²) in [6.45, 7) is 5.93. The average Bonchev–Trinajstić information content (AvgIpc) is 2.38. The van der Waals surface area contributed by atoms with Crippen molar-refractivity contribution in [2.75, 3.05) is 0 Å². The van der Waals surface area contributed by atoms with Crippen LogP contribution in [0.4, 0.5) is 0 Å². The molecule has 4 nitrogen and oxygen atoms in total. The number of hydrogen-bond acceptors (Lipinski definition) is 3. The summed E-state index contributed by atoms with van der Waals surface area (Å²) in [4.78, 5) is 15.2. The van der Waals surface area contributed by atoms with Gasteiger partial charge in [-0.15, -0.1) is 0 Å². The van der Waals surface area contributed by atoms with Crippen molar-refractivity contribution in [2.45, 2.75) is 32.8 Å². The zero-order chi connectivity index (χ0) is 14.0. The van der Waals surface area contributed by atoms with E-state index < -0.39 is 5.97 Å². The second kappa shape index (κ2) is 4.88. The Morgan fingerprint density at radius 1 is 1.37 bits per heavy atom. The largest absolute Gasteiger partial charge is 0.477 e. The third kappa shape index (κ3) is 2.84. The minimum atomic E-state index is -1.05. The molecule has 0 fully saturated rings. The zero-order valence-electron chi connectivity index (χ0n) is 11.3. The van der Waals surface area contributed by atoms with E-state index in [1.54, 1.807) is 6.07 Å². The molecular formula is C15H17NO3. The van der Waals surface area contributed by atoms with Gasteiger partial charge in [-0.25, -0.2) is 9.78 Å². The number of carboxylic acids is 1. The Balaban J connectivity index is 2.60. The van der Waals surface area contributed by atoms with E-state index >= 15 is 0 Å². The monoisotopic (exact) mass is 259 g/mol. The van der Waals surface area contributed by atoms with Crippen LogP contribution in [0, 0.1) is 0 Å². The standard InChI is InChI=1S/C15H17NO3/c1-4-15(2,3)19-13-11-8-6-5-7-10(11)9-12(16-13)14(17)18/h5-9H,4H2,1-3H3,(H,17,18). The maximum absolute atomic E-state index is 11.1. The minimum Gasteiger partial charge on any atom is -0.477 e. The Labute approximate surface area is 112 Å². The molecule has 0 bridgehead atoms. The van der Waals surface area contributed by atoms with Gasteiger partial charge in [0.2, 0.25) is 5.88 Å². The van der Waals surface area contributed by atoms with E-state index in [9.17, 15) is 4.79 Å². The van der Waals surface area contributed by atoms with E-state index in [-0.39, 0.29) is 11.3 Å². The maximum atomic E-state index is 11.1. The number of hydrogen-bond donors (Lipinski definition) is 1. The molecule has 1 N–H and O–H groups in total. The van der Waals surface area contributed by atoms with Crippen molar-refractivity contribution >= 4 is 16.7 Å². The van der Waals surface area contributed by atoms with Gasteiger partial charge in [0.1, 0.15) is 5.60 Å². The fourth-order valence-corrected chi connectivity index (χ4v) is 1.69. The number of ether oxygens (including phenoxy) is 1. The molecule has 0 aliphatic heterocycles. The molecule has 0 spiro atoms. The highest BCUT2D eigenvalue weighted by molar-refractivity contribution is 5.94. The smallest absolute Gasteiger partial charge is 0.354 e. The Morgan fingerprint density at radius 3 is 2.68 bits per heavy atom.